The van der Waals surface area contributed by atoms with Crippen LogP contribution in [0.15, 0.2) is 91.0 Å². The van der Waals surface area contributed by atoms with Gasteiger partial charge >= 0.3 is 0 Å². The Labute approximate surface area is 178 Å². The van der Waals surface area contributed by atoms with E-state index in [4.69, 9.17) is 19.8 Å². The summed E-state index contributed by atoms with van der Waals surface area (Å²) in [6.07, 6.45) is 2.71. The Morgan fingerprint density at radius 3 is 1.17 bits per heavy atom. The first-order valence-electron chi connectivity index (χ1n) is 9.81. The summed E-state index contributed by atoms with van der Waals surface area (Å²) in [5, 5.41) is 20.9. The van der Waals surface area contributed by atoms with Crippen LogP contribution in [0.5, 0.6) is 0 Å². The molecule has 1 saturated carbocycles. The van der Waals surface area contributed by atoms with E-state index in [-0.39, 0.29) is 0 Å². The fraction of sp³-hybridized carbons (Fsp3) is 0.200. The van der Waals surface area contributed by atoms with Crippen molar-refractivity contribution in [1.29, 1.82) is 0 Å². The highest BCUT2D eigenvalue weighted by Gasteiger charge is 2.57. The summed E-state index contributed by atoms with van der Waals surface area (Å²) in [5.74, 6) is -1.92. The topological polar surface area (TPSA) is 77.4 Å². The second-order valence-electron chi connectivity index (χ2n) is 6.97. The zero-order chi connectivity index (χ0) is 22.0. The number of carboxylic acids is 2. The molecule has 4 nitrogen and oxygen atoms in total. The van der Waals surface area contributed by atoms with E-state index in [2.05, 4.69) is 91.0 Å². The van der Waals surface area contributed by atoms with E-state index in [9.17, 15) is 0 Å². The van der Waals surface area contributed by atoms with E-state index in [1.165, 1.54) is 28.8 Å². The van der Waals surface area contributed by atoms with E-state index in [1.807, 2.05) is 0 Å². The van der Waals surface area contributed by atoms with E-state index in [0.29, 0.717) is 0 Å². The van der Waals surface area contributed by atoms with E-state index < -0.39 is 19.2 Å². The van der Waals surface area contributed by atoms with Crippen molar-refractivity contribution in [3.63, 3.8) is 0 Å². The van der Waals surface area contributed by atoms with Crippen LogP contribution in [-0.4, -0.2) is 22.7 Å². The quantitative estimate of drug-likeness (QED) is 0.656. The van der Waals surface area contributed by atoms with Crippen molar-refractivity contribution in [3.05, 3.63) is 91.0 Å². The zero-order valence-electron chi connectivity index (χ0n) is 17.3. The third-order valence-electron chi connectivity index (χ3n) is 4.58. The number of hydrogen-bond acceptors (Lipinski definition) is 3. The molecule has 5 heteroatoms. The highest BCUT2D eigenvalue weighted by Crippen LogP contribution is 2.67. The first kappa shape index (κ1) is 23.3. The van der Waals surface area contributed by atoms with Gasteiger partial charge in [-0.15, -0.1) is 0 Å². The maximum Gasteiger partial charge on any atom is 0.300 e. The highest BCUT2D eigenvalue weighted by atomic mass is 31.2. The predicted octanol–water partition coefficient (Wildman–Crippen LogP) is 2.99. The standard InChI is InChI=1S/C21H20P.2C2H4O2/c1-4-10-18(11-5-1)22(21-16-17-21,19-12-6-2-7-13-19)20-14-8-3-9-15-20;2*1-2(3)4/h1-15,21H,16-17H2;2*1H3,(H,3,4)/q+1;;/p-1. The molecule has 0 unspecified atom stereocenters. The lowest BCUT2D eigenvalue weighted by Gasteiger charge is -2.27. The van der Waals surface area contributed by atoms with Gasteiger partial charge in [-0.2, -0.15) is 0 Å². The minimum atomic E-state index is -1.51. The van der Waals surface area contributed by atoms with Gasteiger partial charge in [-0.1, -0.05) is 54.6 Å². The van der Waals surface area contributed by atoms with Crippen molar-refractivity contribution in [2.45, 2.75) is 32.3 Å². The molecule has 0 saturated heterocycles. The van der Waals surface area contributed by atoms with Crippen LogP contribution in [0.2, 0.25) is 0 Å². The molecule has 0 radical (unpaired) electrons. The van der Waals surface area contributed by atoms with Crippen LogP contribution in [0.3, 0.4) is 0 Å². The average Bonchev–Trinajstić information content (AvgIpc) is 3.56. The van der Waals surface area contributed by atoms with Crippen LogP contribution in [0.4, 0.5) is 0 Å². The number of hydrogen-bond donors (Lipinski definition) is 1. The summed E-state index contributed by atoms with van der Waals surface area (Å²) >= 11 is 0. The van der Waals surface area contributed by atoms with E-state index in [0.717, 1.165) is 19.5 Å². The van der Waals surface area contributed by atoms with Gasteiger partial charge in [0, 0.05) is 12.9 Å². The molecular formula is C25H27O4P. The lowest BCUT2D eigenvalue weighted by molar-refractivity contribution is -0.302. The molecule has 0 atom stereocenters. The minimum Gasteiger partial charge on any atom is -0.550 e. The molecule has 1 aliphatic rings. The third-order valence-corrected chi connectivity index (χ3v) is 9.53. The number of carbonyl (C=O) groups excluding carboxylic acids is 1. The predicted molar refractivity (Wildman–Crippen MR) is 122 cm³/mol. The monoisotopic (exact) mass is 422 g/mol. The summed E-state index contributed by atoms with van der Waals surface area (Å²) in [6, 6.07) is 33.6. The molecule has 1 fully saturated rings. The molecule has 0 heterocycles. The third kappa shape index (κ3) is 6.27. The smallest absolute Gasteiger partial charge is 0.300 e. The Hall–Kier alpha value is -2.97. The number of benzene rings is 3. The molecule has 30 heavy (non-hydrogen) atoms. The van der Waals surface area contributed by atoms with Crippen LogP contribution < -0.4 is 21.0 Å². The molecule has 0 aromatic heterocycles. The number of rotatable bonds is 4. The first-order chi connectivity index (χ1) is 14.4. The van der Waals surface area contributed by atoms with Gasteiger partial charge < -0.3 is 15.0 Å². The van der Waals surface area contributed by atoms with Crippen LogP contribution in [0.25, 0.3) is 0 Å². The molecule has 1 aliphatic carbocycles. The molecule has 156 valence electrons. The van der Waals surface area contributed by atoms with Gasteiger partial charge in [0.15, 0.2) is 0 Å². The Morgan fingerprint density at radius 2 is 0.967 bits per heavy atom. The number of carboxylic acid groups (broad SMARTS) is 2. The van der Waals surface area contributed by atoms with Crippen molar-refractivity contribution in [2.24, 2.45) is 0 Å². The van der Waals surface area contributed by atoms with Crippen molar-refractivity contribution < 1.29 is 19.8 Å². The molecule has 3 aromatic rings. The molecular weight excluding hydrogens is 395 g/mol. The molecule has 0 spiro atoms. The summed E-state index contributed by atoms with van der Waals surface area (Å²) in [4.78, 5) is 17.9. The lowest BCUT2D eigenvalue weighted by atomic mass is 10.4. The molecule has 0 amide bonds. The highest BCUT2D eigenvalue weighted by molar-refractivity contribution is 7.96. The number of aliphatic carboxylic acids is 2. The second-order valence-corrected chi connectivity index (χ2v) is 10.7. The Balaban J connectivity index is 0.000000347. The lowest BCUT2D eigenvalue weighted by Crippen LogP contribution is -2.34. The Kier molecular flexibility index (Phi) is 8.76. The fourth-order valence-electron chi connectivity index (χ4n) is 3.53. The van der Waals surface area contributed by atoms with Gasteiger partial charge in [0.25, 0.3) is 5.97 Å². The van der Waals surface area contributed by atoms with Crippen LogP contribution >= 0.6 is 7.26 Å². The maximum absolute atomic E-state index is 9.00. The van der Waals surface area contributed by atoms with Crippen LogP contribution in [0, 0.1) is 0 Å². The SMILES string of the molecule is CC(=O)O.CC(=O)[O-].c1ccc([P+](c2ccccc2)(c2ccccc2)C2CC2)cc1. The molecule has 4 rings (SSSR count). The molecule has 0 aliphatic heterocycles. The van der Waals surface area contributed by atoms with Gasteiger partial charge in [0.1, 0.15) is 23.2 Å². The molecule has 1 N–H and O–H groups in total. The van der Waals surface area contributed by atoms with Crippen molar-refractivity contribution in [1.82, 2.24) is 0 Å². The maximum atomic E-state index is 9.00. The second kappa shape index (κ2) is 11.3. The zero-order valence-corrected chi connectivity index (χ0v) is 18.2. The molecule has 3 aromatic carbocycles. The normalized spacial score (nSPS) is 12.5. The average molecular weight is 422 g/mol. The Bertz CT molecular complexity index is 806. The van der Waals surface area contributed by atoms with Gasteiger partial charge in [-0.3, -0.25) is 4.79 Å². The van der Waals surface area contributed by atoms with Gasteiger partial charge in [0.2, 0.25) is 0 Å². The summed E-state index contributed by atoms with van der Waals surface area (Å²) < 4.78 is 0. The van der Waals surface area contributed by atoms with E-state index in [1.54, 1.807) is 0 Å². The Morgan fingerprint density at radius 1 is 0.733 bits per heavy atom. The van der Waals surface area contributed by atoms with E-state index >= 15 is 0 Å². The van der Waals surface area contributed by atoms with Gasteiger partial charge in [-0.05, 0) is 56.2 Å². The van der Waals surface area contributed by atoms with Crippen molar-refractivity contribution in [2.75, 3.05) is 0 Å². The molecule has 0 bridgehead atoms. The summed E-state index contributed by atoms with van der Waals surface area (Å²) in [5.41, 5.74) is 0.805. The number of carbonyl (C=O) groups is 2. The van der Waals surface area contributed by atoms with Crippen LogP contribution in [-0.2, 0) is 9.59 Å². The van der Waals surface area contributed by atoms with Gasteiger partial charge in [0.05, 0.1) is 5.66 Å². The summed E-state index contributed by atoms with van der Waals surface area (Å²) in [6.45, 7) is 2.06. The fourth-order valence-corrected chi connectivity index (χ4v) is 8.54. The largest absolute Gasteiger partial charge is 0.550 e. The first-order valence-corrected chi connectivity index (χ1v) is 11.7. The summed E-state index contributed by atoms with van der Waals surface area (Å²) in [7, 11) is -1.51. The minimum absolute atomic E-state index is 0.805. The van der Waals surface area contributed by atoms with Crippen molar-refractivity contribution >= 4 is 35.1 Å². The van der Waals surface area contributed by atoms with Gasteiger partial charge in [-0.25, -0.2) is 0 Å². The van der Waals surface area contributed by atoms with Crippen LogP contribution in [0.1, 0.15) is 26.7 Å². The van der Waals surface area contributed by atoms with Crippen molar-refractivity contribution in [3.8, 4) is 0 Å².